The van der Waals surface area contributed by atoms with Crippen molar-refractivity contribution in [3.8, 4) is 5.69 Å². The van der Waals surface area contributed by atoms with E-state index in [1.54, 1.807) is 24.7 Å². The Bertz CT molecular complexity index is 1220. The van der Waals surface area contributed by atoms with Gasteiger partial charge in [0.05, 0.1) is 21.6 Å². The normalized spacial score (nSPS) is 11.4. The zero-order chi connectivity index (χ0) is 19.7. The van der Waals surface area contributed by atoms with Crippen LogP contribution in [0.1, 0.15) is 10.7 Å². The minimum Gasteiger partial charge on any atom is -0.316 e. The van der Waals surface area contributed by atoms with Crippen molar-refractivity contribution >= 4 is 39.2 Å². The summed E-state index contributed by atoms with van der Waals surface area (Å²) in [5.74, 6) is -0.370. The summed E-state index contributed by atoms with van der Waals surface area (Å²) in [7, 11) is 1.79. The molecule has 28 heavy (non-hydrogen) atoms. The number of hydrogen-bond acceptors (Lipinski definition) is 4. The third kappa shape index (κ3) is 3.27. The SMILES string of the molecule is Cc1c(NC(=O)C=Cc2nc3ccccc3s2)c(=O)n(-c2ccccc2)n1C. The minimum atomic E-state index is -0.370. The summed E-state index contributed by atoms with van der Waals surface area (Å²) in [5.41, 5.74) is 2.31. The fourth-order valence-corrected chi connectivity index (χ4v) is 3.86. The number of nitrogens with zero attached hydrogens (tertiary/aromatic N) is 3. The van der Waals surface area contributed by atoms with Crippen molar-refractivity contribution in [1.82, 2.24) is 14.3 Å². The van der Waals surface area contributed by atoms with Crippen molar-refractivity contribution in [2.24, 2.45) is 7.05 Å². The number of nitrogens with one attached hydrogen (secondary N) is 1. The smallest absolute Gasteiger partial charge is 0.295 e. The molecule has 7 heteroatoms. The Morgan fingerprint density at radius 1 is 1.11 bits per heavy atom. The van der Waals surface area contributed by atoms with Crippen LogP contribution in [0.25, 0.3) is 22.0 Å². The molecule has 1 amide bonds. The van der Waals surface area contributed by atoms with Crippen LogP contribution in [-0.2, 0) is 11.8 Å². The molecule has 0 atom stereocenters. The molecule has 2 aromatic carbocycles. The van der Waals surface area contributed by atoms with Crippen molar-refractivity contribution in [2.75, 3.05) is 5.32 Å². The molecule has 0 spiro atoms. The highest BCUT2D eigenvalue weighted by Gasteiger charge is 2.17. The maximum Gasteiger partial charge on any atom is 0.295 e. The maximum absolute atomic E-state index is 12.8. The van der Waals surface area contributed by atoms with Crippen LogP contribution < -0.4 is 10.9 Å². The highest BCUT2D eigenvalue weighted by Crippen LogP contribution is 2.22. The molecule has 0 fully saturated rings. The van der Waals surface area contributed by atoms with E-state index in [9.17, 15) is 9.59 Å². The average Bonchev–Trinajstić information content (AvgIpc) is 3.21. The lowest BCUT2D eigenvalue weighted by molar-refractivity contribution is -0.111. The quantitative estimate of drug-likeness (QED) is 0.540. The van der Waals surface area contributed by atoms with Gasteiger partial charge in [-0.3, -0.25) is 14.3 Å². The van der Waals surface area contributed by atoms with Crippen LogP contribution >= 0.6 is 11.3 Å². The molecule has 6 nitrogen and oxygen atoms in total. The predicted octanol–water partition coefficient (Wildman–Crippen LogP) is 3.75. The topological polar surface area (TPSA) is 68.9 Å². The third-order valence-corrected chi connectivity index (χ3v) is 5.49. The van der Waals surface area contributed by atoms with Gasteiger partial charge in [0.1, 0.15) is 10.7 Å². The first kappa shape index (κ1) is 17.9. The van der Waals surface area contributed by atoms with Gasteiger partial charge in [-0.15, -0.1) is 11.3 Å². The van der Waals surface area contributed by atoms with Crippen LogP contribution in [0, 0.1) is 6.92 Å². The lowest BCUT2D eigenvalue weighted by atomic mass is 10.3. The summed E-state index contributed by atoms with van der Waals surface area (Å²) in [5, 5.41) is 3.45. The van der Waals surface area contributed by atoms with Gasteiger partial charge in [0.2, 0.25) is 5.91 Å². The molecule has 0 radical (unpaired) electrons. The van der Waals surface area contributed by atoms with E-state index in [4.69, 9.17) is 0 Å². The van der Waals surface area contributed by atoms with Crippen LogP contribution in [0.4, 0.5) is 5.69 Å². The van der Waals surface area contributed by atoms with Gasteiger partial charge in [-0.05, 0) is 37.3 Å². The Hall–Kier alpha value is -3.45. The number of thiazole rings is 1. The van der Waals surface area contributed by atoms with Gasteiger partial charge < -0.3 is 5.32 Å². The molecule has 0 aliphatic rings. The summed E-state index contributed by atoms with van der Waals surface area (Å²) in [4.78, 5) is 29.7. The Balaban J connectivity index is 1.59. The largest absolute Gasteiger partial charge is 0.316 e. The van der Waals surface area contributed by atoms with Crippen LogP contribution in [0.5, 0.6) is 0 Å². The number of carbonyl (C=O) groups is 1. The molecule has 0 aliphatic heterocycles. The van der Waals surface area contributed by atoms with Gasteiger partial charge in [0, 0.05) is 13.1 Å². The molecule has 2 heterocycles. The monoisotopic (exact) mass is 390 g/mol. The average molecular weight is 390 g/mol. The van der Waals surface area contributed by atoms with E-state index in [0.29, 0.717) is 5.69 Å². The van der Waals surface area contributed by atoms with Gasteiger partial charge in [-0.2, -0.15) is 0 Å². The van der Waals surface area contributed by atoms with Crippen molar-refractivity contribution in [2.45, 2.75) is 6.92 Å². The second kappa shape index (κ2) is 7.28. The van der Waals surface area contributed by atoms with Gasteiger partial charge in [-0.1, -0.05) is 30.3 Å². The molecule has 4 aromatic rings. The van der Waals surface area contributed by atoms with Crippen molar-refractivity contribution < 1.29 is 4.79 Å². The number of anilines is 1. The molecule has 4 rings (SSSR count). The summed E-state index contributed by atoms with van der Waals surface area (Å²) >= 11 is 1.51. The van der Waals surface area contributed by atoms with E-state index in [0.717, 1.165) is 20.9 Å². The third-order valence-electron chi connectivity index (χ3n) is 4.49. The predicted molar refractivity (Wildman–Crippen MR) is 113 cm³/mol. The van der Waals surface area contributed by atoms with Crippen LogP contribution in [0.15, 0.2) is 65.5 Å². The summed E-state index contributed by atoms with van der Waals surface area (Å²) in [6.07, 6.45) is 3.06. The lowest BCUT2D eigenvalue weighted by Crippen LogP contribution is -2.22. The number of para-hydroxylation sites is 2. The number of benzene rings is 2. The number of carbonyl (C=O) groups excluding carboxylic acids is 1. The summed E-state index contributed by atoms with van der Waals surface area (Å²) in [6.45, 7) is 1.80. The molecule has 2 aromatic heterocycles. The van der Waals surface area contributed by atoms with Gasteiger partial charge >= 0.3 is 0 Å². The van der Waals surface area contributed by atoms with E-state index in [2.05, 4.69) is 10.3 Å². The zero-order valence-corrected chi connectivity index (χ0v) is 16.2. The van der Waals surface area contributed by atoms with E-state index >= 15 is 0 Å². The van der Waals surface area contributed by atoms with Crippen molar-refractivity contribution in [3.05, 3.63) is 81.7 Å². The molecular weight excluding hydrogens is 372 g/mol. The molecule has 0 bridgehead atoms. The van der Waals surface area contributed by atoms with Gasteiger partial charge in [0.25, 0.3) is 5.56 Å². The number of amides is 1. The van der Waals surface area contributed by atoms with E-state index < -0.39 is 0 Å². The zero-order valence-electron chi connectivity index (χ0n) is 15.4. The highest BCUT2D eigenvalue weighted by molar-refractivity contribution is 7.19. The molecule has 0 aliphatic carbocycles. The van der Waals surface area contributed by atoms with Crippen LogP contribution in [-0.4, -0.2) is 20.3 Å². The lowest BCUT2D eigenvalue weighted by Gasteiger charge is -2.07. The fraction of sp³-hybridized carbons (Fsp3) is 0.0952. The maximum atomic E-state index is 12.8. The first-order valence-electron chi connectivity index (χ1n) is 8.73. The van der Waals surface area contributed by atoms with Crippen molar-refractivity contribution in [3.63, 3.8) is 0 Å². The standard InChI is InChI=1S/C21H18N4O2S/c1-14-20(21(27)25(24(14)2)15-8-4-3-5-9-15)23-18(26)12-13-19-22-16-10-6-7-11-17(16)28-19/h3-13H,1-2H3,(H,23,26). The van der Waals surface area contributed by atoms with E-state index in [1.165, 1.54) is 22.1 Å². The Kier molecular flexibility index (Phi) is 4.67. The number of aromatic nitrogens is 3. The molecule has 0 unspecified atom stereocenters. The number of hydrogen-bond donors (Lipinski definition) is 1. The van der Waals surface area contributed by atoms with Crippen molar-refractivity contribution in [1.29, 1.82) is 0 Å². The molecule has 0 saturated heterocycles. The van der Waals surface area contributed by atoms with E-state index in [1.807, 2.05) is 54.6 Å². The first-order valence-corrected chi connectivity index (χ1v) is 9.55. The molecule has 0 saturated carbocycles. The number of rotatable bonds is 4. The summed E-state index contributed by atoms with van der Waals surface area (Å²) < 4.78 is 4.32. The summed E-state index contributed by atoms with van der Waals surface area (Å²) in [6, 6.07) is 17.1. The first-order chi connectivity index (χ1) is 13.5. The van der Waals surface area contributed by atoms with E-state index in [-0.39, 0.29) is 17.2 Å². The molecule has 1 N–H and O–H groups in total. The molecular formula is C21H18N4O2S. The Morgan fingerprint density at radius 3 is 2.57 bits per heavy atom. The second-order valence-electron chi connectivity index (χ2n) is 6.28. The minimum absolute atomic E-state index is 0.269. The Labute approximate surface area is 165 Å². The molecule has 140 valence electrons. The fourth-order valence-electron chi connectivity index (χ4n) is 2.99. The van der Waals surface area contributed by atoms with Gasteiger partial charge in [0.15, 0.2) is 0 Å². The number of fused-ring (bicyclic) bond motifs is 1. The highest BCUT2D eigenvalue weighted by atomic mass is 32.1. The Morgan fingerprint density at radius 2 is 1.82 bits per heavy atom. The van der Waals surface area contributed by atoms with Crippen LogP contribution in [0.2, 0.25) is 0 Å². The van der Waals surface area contributed by atoms with Gasteiger partial charge in [-0.25, -0.2) is 9.67 Å². The second-order valence-corrected chi connectivity index (χ2v) is 7.34. The van der Waals surface area contributed by atoms with Crippen LogP contribution in [0.3, 0.4) is 0 Å².